The van der Waals surface area contributed by atoms with Crippen LogP contribution < -0.4 is 0 Å². The van der Waals surface area contributed by atoms with Crippen molar-refractivity contribution in [3.63, 3.8) is 0 Å². The summed E-state index contributed by atoms with van der Waals surface area (Å²) in [4.78, 5) is 0. The largest absolute Gasteiger partial charge is 0.390 e. The van der Waals surface area contributed by atoms with Crippen molar-refractivity contribution in [2.24, 2.45) is 5.92 Å². The van der Waals surface area contributed by atoms with E-state index in [9.17, 15) is 10.2 Å². The van der Waals surface area contributed by atoms with Crippen LogP contribution in [-0.4, -0.2) is 44.3 Å². The van der Waals surface area contributed by atoms with Crippen LogP contribution in [0.3, 0.4) is 0 Å². The molecule has 54 heavy (non-hydrogen) atoms. The summed E-state index contributed by atoms with van der Waals surface area (Å²) in [5, 5.41) is 20.7. The molecule has 2 fully saturated rings. The number of hydrogen-bond acceptors (Lipinski definition) is 4. The second-order valence-electron chi connectivity index (χ2n) is 17.9. The lowest BCUT2D eigenvalue weighted by Gasteiger charge is -2.31. The molecule has 0 saturated carbocycles. The summed E-state index contributed by atoms with van der Waals surface area (Å²) < 4.78 is 12.0. The van der Waals surface area contributed by atoms with E-state index in [-0.39, 0.29) is 28.8 Å². The third kappa shape index (κ3) is 18.4. The lowest BCUT2D eigenvalue weighted by atomic mass is 9.80. The van der Waals surface area contributed by atoms with Gasteiger partial charge in [-0.25, -0.2) is 0 Å². The van der Waals surface area contributed by atoms with Crippen molar-refractivity contribution in [2.75, 3.05) is 0 Å². The van der Waals surface area contributed by atoms with Crippen LogP contribution >= 0.6 is 0 Å². The molecule has 0 bridgehead atoms. The van der Waals surface area contributed by atoms with E-state index >= 15 is 0 Å². The molecule has 0 spiro atoms. The molecule has 4 nitrogen and oxygen atoms in total. The van der Waals surface area contributed by atoms with Crippen molar-refractivity contribution in [2.45, 2.75) is 163 Å². The Hall–Kier alpha value is -3.28. The minimum atomic E-state index is -0.756. The second-order valence-corrected chi connectivity index (χ2v) is 17.9. The van der Waals surface area contributed by atoms with Gasteiger partial charge in [0, 0.05) is 6.42 Å². The zero-order chi connectivity index (χ0) is 40.8. The van der Waals surface area contributed by atoms with E-state index in [0.29, 0.717) is 6.42 Å². The van der Waals surface area contributed by atoms with Crippen molar-refractivity contribution < 1.29 is 19.7 Å². The molecular weight excluding hydrogens is 665 g/mol. The van der Waals surface area contributed by atoms with Gasteiger partial charge >= 0.3 is 0 Å². The molecule has 2 aliphatic heterocycles. The van der Waals surface area contributed by atoms with Crippen molar-refractivity contribution in [3.05, 3.63) is 143 Å². The Morgan fingerprint density at radius 1 is 0.611 bits per heavy atom. The molecule has 3 unspecified atom stereocenters. The van der Waals surface area contributed by atoms with Crippen LogP contribution in [0.4, 0.5) is 0 Å². The van der Waals surface area contributed by atoms with E-state index in [1.165, 1.54) is 33.4 Å². The van der Waals surface area contributed by atoms with Gasteiger partial charge in [0.25, 0.3) is 0 Å². The molecule has 4 heteroatoms. The predicted octanol–water partition coefficient (Wildman–Crippen LogP) is 12.8. The number of epoxide rings is 2. The Balaban J connectivity index is 1.80. The first kappa shape index (κ1) is 46.9. The van der Waals surface area contributed by atoms with Crippen molar-refractivity contribution in [1.29, 1.82) is 0 Å². The number of hydrogen-bond donors (Lipinski definition) is 2. The fraction of sp³-hybridized carbons (Fsp3) is 0.520. The van der Waals surface area contributed by atoms with E-state index in [1.54, 1.807) is 0 Å². The summed E-state index contributed by atoms with van der Waals surface area (Å²) in [5.74, 6) is 0.147. The molecule has 0 amide bonds. The smallest absolute Gasteiger partial charge is 0.118 e. The Bertz CT molecular complexity index is 1610. The molecule has 298 valence electrons. The highest BCUT2D eigenvalue weighted by molar-refractivity contribution is 5.35. The van der Waals surface area contributed by atoms with Crippen LogP contribution in [0, 0.1) is 5.92 Å². The van der Waals surface area contributed by atoms with Gasteiger partial charge < -0.3 is 19.7 Å². The van der Waals surface area contributed by atoms with Gasteiger partial charge in [-0.1, -0.05) is 137 Å². The average molecular weight is 739 g/mol. The van der Waals surface area contributed by atoms with Gasteiger partial charge in [-0.3, -0.25) is 0 Å². The number of allylic oxidation sites excluding steroid dienone is 23. The number of aliphatic hydroxyl groups is 2. The fourth-order valence-electron chi connectivity index (χ4n) is 6.16. The van der Waals surface area contributed by atoms with Gasteiger partial charge in [-0.2, -0.15) is 0 Å². The monoisotopic (exact) mass is 739 g/mol. The average Bonchev–Trinajstić information content (AvgIpc) is 3.84. The van der Waals surface area contributed by atoms with Gasteiger partial charge in [0.2, 0.25) is 0 Å². The van der Waals surface area contributed by atoms with Crippen LogP contribution in [-0.2, 0) is 9.47 Å². The summed E-state index contributed by atoms with van der Waals surface area (Å²) in [6, 6.07) is 0. The SMILES string of the molecule is CC(C=CC=C(C)C=CC=C(C)C=CC1(CC2OC2(C)C)OC1(C)C)=CC=CC=C(C)C=CC=C(C)C=CC=C(C)CCC(CCC(C)(C)O)C(C)(C)O. The van der Waals surface area contributed by atoms with Crippen molar-refractivity contribution in [3.8, 4) is 0 Å². The molecular formula is C50H74O4. The van der Waals surface area contributed by atoms with E-state index in [2.05, 4.69) is 179 Å². The van der Waals surface area contributed by atoms with Gasteiger partial charge in [0.1, 0.15) is 5.60 Å². The first-order valence-electron chi connectivity index (χ1n) is 19.9. The molecule has 2 saturated heterocycles. The molecule has 3 atom stereocenters. The maximum absolute atomic E-state index is 10.6. The first-order valence-corrected chi connectivity index (χ1v) is 19.9. The van der Waals surface area contributed by atoms with E-state index in [4.69, 9.17) is 9.47 Å². The Morgan fingerprint density at radius 2 is 1.00 bits per heavy atom. The quantitative estimate of drug-likeness (QED) is 0.0909. The highest BCUT2D eigenvalue weighted by atomic mass is 16.6. The summed E-state index contributed by atoms with van der Waals surface area (Å²) in [7, 11) is 0. The van der Waals surface area contributed by atoms with Gasteiger partial charge in [0.05, 0.1) is 28.5 Å². The van der Waals surface area contributed by atoms with Crippen LogP contribution in [0.25, 0.3) is 0 Å². The molecule has 2 N–H and O–H groups in total. The Labute approximate surface area is 330 Å². The molecule has 0 aromatic rings. The molecule has 0 aromatic carbocycles. The maximum Gasteiger partial charge on any atom is 0.118 e. The van der Waals surface area contributed by atoms with Gasteiger partial charge in [-0.15, -0.1) is 0 Å². The van der Waals surface area contributed by atoms with E-state index < -0.39 is 11.2 Å². The minimum absolute atomic E-state index is 0.0302. The summed E-state index contributed by atoms with van der Waals surface area (Å²) in [5.41, 5.74) is 5.30. The fourth-order valence-corrected chi connectivity index (χ4v) is 6.16. The second kappa shape index (κ2) is 20.6. The maximum atomic E-state index is 10.6. The predicted molar refractivity (Wildman–Crippen MR) is 233 cm³/mol. The molecule has 0 aliphatic carbocycles. The van der Waals surface area contributed by atoms with Gasteiger partial charge in [-0.05, 0) is 135 Å². The normalized spacial score (nSPS) is 24.1. The van der Waals surface area contributed by atoms with Crippen LogP contribution in [0.15, 0.2) is 143 Å². The lowest BCUT2D eigenvalue weighted by molar-refractivity contribution is -0.00672. The zero-order valence-corrected chi connectivity index (χ0v) is 36.3. The Kier molecular flexibility index (Phi) is 17.9. The molecule has 2 heterocycles. The molecule has 2 rings (SSSR count). The highest BCUT2D eigenvalue weighted by Crippen LogP contribution is 2.56. The number of ether oxygens (including phenoxy) is 2. The Morgan fingerprint density at radius 3 is 1.37 bits per heavy atom. The van der Waals surface area contributed by atoms with Gasteiger partial charge in [0.15, 0.2) is 0 Å². The molecule has 2 aliphatic rings. The number of rotatable bonds is 21. The topological polar surface area (TPSA) is 65.5 Å². The van der Waals surface area contributed by atoms with Crippen LogP contribution in [0.5, 0.6) is 0 Å². The summed E-state index contributed by atoms with van der Waals surface area (Å²) >= 11 is 0. The minimum Gasteiger partial charge on any atom is -0.390 e. The third-order valence-electron chi connectivity index (χ3n) is 10.4. The lowest BCUT2D eigenvalue weighted by Crippen LogP contribution is -2.33. The van der Waals surface area contributed by atoms with Crippen molar-refractivity contribution in [1.82, 2.24) is 0 Å². The van der Waals surface area contributed by atoms with Crippen molar-refractivity contribution >= 4 is 0 Å². The van der Waals surface area contributed by atoms with Crippen LogP contribution in [0.2, 0.25) is 0 Å². The third-order valence-corrected chi connectivity index (χ3v) is 10.4. The first-order chi connectivity index (χ1) is 24.9. The molecule has 0 aromatic heterocycles. The standard InChI is InChI=1S/C50H74O4/c1-38(23-17-25-40(3)27-19-29-42(5)31-32-44(47(9,10)52)34-35-46(7,8)51)21-15-16-22-39(2)24-18-26-41(4)28-20-30-43(6)33-36-50(49(13,14)54-50)37-45-48(11,12)53-45/h15-30,33,36,44-45,51-52H,31-32,34-35,37H2,1-14H3. The van der Waals surface area contributed by atoms with Crippen LogP contribution in [0.1, 0.15) is 129 Å². The highest BCUT2D eigenvalue weighted by Gasteiger charge is 2.66. The summed E-state index contributed by atoms with van der Waals surface area (Å²) in [6.45, 7) is 28.7. The zero-order valence-electron chi connectivity index (χ0n) is 36.3. The molecule has 0 radical (unpaired) electrons. The summed E-state index contributed by atoms with van der Waals surface area (Å²) in [6.07, 6.45) is 42.6. The van der Waals surface area contributed by atoms with E-state index in [0.717, 1.165) is 25.7 Å². The van der Waals surface area contributed by atoms with E-state index in [1.807, 2.05) is 27.7 Å².